The van der Waals surface area contributed by atoms with E-state index in [2.05, 4.69) is 5.32 Å². The van der Waals surface area contributed by atoms with E-state index >= 15 is 0 Å². The Labute approximate surface area is 117 Å². The molecule has 0 unspecified atom stereocenters. The Balaban J connectivity index is 2.86. The van der Waals surface area contributed by atoms with Crippen LogP contribution in [0.2, 0.25) is 0 Å². The van der Waals surface area contributed by atoms with E-state index in [4.69, 9.17) is 10.8 Å². The second kappa shape index (κ2) is 6.70. The van der Waals surface area contributed by atoms with E-state index in [9.17, 15) is 14.4 Å². The average Bonchev–Trinajstić information content (AvgIpc) is 2.37. The quantitative estimate of drug-likeness (QED) is 0.721. The molecule has 1 rings (SSSR count). The van der Waals surface area contributed by atoms with Crippen LogP contribution in [0.4, 0.5) is 0 Å². The summed E-state index contributed by atoms with van der Waals surface area (Å²) in [5.74, 6) is -2.13. The number of aliphatic carboxylic acids is 1. The van der Waals surface area contributed by atoms with Gasteiger partial charge >= 0.3 is 5.97 Å². The van der Waals surface area contributed by atoms with Gasteiger partial charge in [-0.3, -0.25) is 9.59 Å². The zero-order valence-corrected chi connectivity index (χ0v) is 11.4. The SMILES string of the molecule is CC(C)C[C@H](NC(=O)c1cccc(C(N)=O)c1)C(=O)O. The largest absolute Gasteiger partial charge is 0.480 e. The van der Waals surface area contributed by atoms with E-state index in [1.165, 1.54) is 24.3 Å². The van der Waals surface area contributed by atoms with Crippen LogP contribution >= 0.6 is 0 Å². The molecular formula is C14H18N2O4. The second-order valence-corrected chi connectivity index (χ2v) is 4.94. The lowest BCUT2D eigenvalue weighted by molar-refractivity contribution is -0.139. The third-order valence-electron chi connectivity index (χ3n) is 2.72. The number of rotatable bonds is 6. The fourth-order valence-corrected chi connectivity index (χ4v) is 1.75. The minimum Gasteiger partial charge on any atom is -0.480 e. The van der Waals surface area contributed by atoms with Crippen molar-refractivity contribution in [1.29, 1.82) is 0 Å². The molecule has 0 spiro atoms. The van der Waals surface area contributed by atoms with Crippen molar-refractivity contribution >= 4 is 17.8 Å². The smallest absolute Gasteiger partial charge is 0.326 e. The Morgan fingerprint density at radius 1 is 1.25 bits per heavy atom. The van der Waals surface area contributed by atoms with Crippen LogP contribution in [0.1, 0.15) is 41.0 Å². The highest BCUT2D eigenvalue weighted by atomic mass is 16.4. The first-order chi connectivity index (χ1) is 9.31. The van der Waals surface area contributed by atoms with Crippen molar-refractivity contribution in [2.45, 2.75) is 26.3 Å². The van der Waals surface area contributed by atoms with Gasteiger partial charge < -0.3 is 16.2 Å². The minimum atomic E-state index is -1.09. The van der Waals surface area contributed by atoms with Crippen LogP contribution in [0.15, 0.2) is 24.3 Å². The molecule has 0 aliphatic heterocycles. The number of primary amides is 1. The molecule has 0 aliphatic carbocycles. The lowest BCUT2D eigenvalue weighted by atomic mass is 10.0. The van der Waals surface area contributed by atoms with Gasteiger partial charge in [-0.25, -0.2) is 4.79 Å². The number of carboxylic acids is 1. The molecule has 0 saturated heterocycles. The molecule has 0 aromatic heterocycles. The van der Waals surface area contributed by atoms with Crippen molar-refractivity contribution in [3.8, 4) is 0 Å². The highest BCUT2D eigenvalue weighted by Gasteiger charge is 2.21. The van der Waals surface area contributed by atoms with Crippen LogP contribution < -0.4 is 11.1 Å². The Kier molecular flexibility index (Phi) is 5.25. The molecule has 1 aromatic rings. The van der Waals surface area contributed by atoms with Gasteiger partial charge in [-0.2, -0.15) is 0 Å². The van der Waals surface area contributed by atoms with Crippen LogP contribution in [0.25, 0.3) is 0 Å². The van der Waals surface area contributed by atoms with Crippen LogP contribution in [0, 0.1) is 5.92 Å². The van der Waals surface area contributed by atoms with E-state index in [0.29, 0.717) is 6.42 Å². The highest BCUT2D eigenvalue weighted by molar-refractivity contribution is 6.00. The molecule has 1 aromatic carbocycles. The van der Waals surface area contributed by atoms with E-state index in [1.54, 1.807) is 0 Å². The first kappa shape index (κ1) is 15.7. The third-order valence-corrected chi connectivity index (χ3v) is 2.72. The molecule has 108 valence electrons. The molecule has 0 aliphatic rings. The molecule has 0 fully saturated rings. The lowest BCUT2D eigenvalue weighted by Gasteiger charge is -2.16. The monoisotopic (exact) mass is 278 g/mol. The van der Waals surface area contributed by atoms with Gasteiger partial charge in [0.05, 0.1) is 0 Å². The number of carbonyl (C=O) groups is 3. The summed E-state index contributed by atoms with van der Waals surface area (Å²) in [6.07, 6.45) is 0.330. The second-order valence-electron chi connectivity index (χ2n) is 4.94. The molecule has 0 radical (unpaired) electrons. The molecule has 2 amide bonds. The average molecular weight is 278 g/mol. The predicted molar refractivity (Wildman–Crippen MR) is 73.3 cm³/mol. The Hall–Kier alpha value is -2.37. The first-order valence-electron chi connectivity index (χ1n) is 6.24. The summed E-state index contributed by atoms with van der Waals surface area (Å²) in [6, 6.07) is 4.89. The van der Waals surface area contributed by atoms with Gasteiger partial charge in [0.25, 0.3) is 5.91 Å². The summed E-state index contributed by atoms with van der Waals surface area (Å²) in [4.78, 5) is 34.1. The number of hydrogen-bond donors (Lipinski definition) is 3. The number of nitrogens with two attached hydrogens (primary N) is 1. The Morgan fingerprint density at radius 3 is 2.35 bits per heavy atom. The zero-order valence-electron chi connectivity index (χ0n) is 11.4. The molecule has 0 bridgehead atoms. The van der Waals surface area contributed by atoms with Gasteiger partial charge in [0.2, 0.25) is 5.91 Å². The molecule has 6 heteroatoms. The summed E-state index contributed by atoms with van der Waals surface area (Å²) in [6.45, 7) is 3.74. The summed E-state index contributed by atoms with van der Waals surface area (Å²) < 4.78 is 0. The fraction of sp³-hybridized carbons (Fsp3) is 0.357. The van der Waals surface area contributed by atoms with E-state index in [-0.39, 0.29) is 17.0 Å². The molecular weight excluding hydrogens is 260 g/mol. The highest BCUT2D eigenvalue weighted by Crippen LogP contribution is 2.08. The Morgan fingerprint density at radius 2 is 1.85 bits per heavy atom. The van der Waals surface area contributed by atoms with Crippen molar-refractivity contribution in [1.82, 2.24) is 5.32 Å². The summed E-state index contributed by atoms with van der Waals surface area (Å²) in [5, 5.41) is 11.5. The van der Waals surface area contributed by atoms with Crippen molar-refractivity contribution in [2.24, 2.45) is 11.7 Å². The first-order valence-corrected chi connectivity index (χ1v) is 6.24. The van der Waals surface area contributed by atoms with Crippen LogP contribution in [-0.2, 0) is 4.79 Å². The van der Waals surface area contributed by atoms with Crippen molar-refractivity contribution < 1.29 is 19.5 Å². The number of benzene rings is 1. The standard InChI is InChI=1S/C14H18N2O4/c1-8(2)6-11(14(19)20)16-13(18)10-5-3-4-9(7-10)12(15)17/h3-5,7-8,11H,6H2,1-2H3,(H2,15,17)(H,16,18)(H,19,20)/t11-/m0/s1. The number of carbonyl (C=O) groups excluding carboxylic acids is 2. The summed E-state index contributed by atoms with van der Waals surface area (Å²) in [7, 11) is 0. The molecule has 0 saturated carbocycles. The van der Waals surface area contributed by atoms with Gasteiger partial charge in [-0.15, -0.1) is 0 Å². The molecule has 6 nitrogen and oxygen atoms in total. The molecule has 0 heterocycles. The molecule has 1 atom stereocenters. The minimum absolute atomic E-state index is 0.133. The van der Waals surface area contributed by atoms with E-state index in [0.717, 1.165) is 0 Å². The van der Waals surface area contributed by atoms with Gasteiger partial charge in [0.1, 0.15) is 6.04 Å². The maximum Gasteiger partial charge on any atom is 0.326 e. The van der Waals surface area contributed by atoms with Gasteiger partial charge in [0.15, 0.2) is 0 Å². The van der Waals surface area contributed by atoms with Gasteiger partial charge in [0, 0.05) is 11.1 Å². The van der Waals surface area contributed by atoms with Crippen molar-refractivity contribution in [2.75, 3.05) is 0 Å². The number of carboxylic acid groups (broad SMARTS) is 1. The summed E-state index contributed by atoms with van der Waals surface area (Å²) in [5.41, 5.74) is 5.54. The van der Waals surface area contributed by atoms with Crippen LogP contribution in [-0.4, -0.2) is 28.9 Å². The molecule has 4 N–H and O–H groups in total. The maximum absolute atomic E-state index is 12.0. The third kappa shape index (κ3) is 4.38. The van der Waals surface area contributed by atoms with Crippen LogP contribution in [0.5, 0.6) is 0 Å². The fourth-order valence-electron chi connectivity index (χ4n) is 1.75. The topological polar surface area (TPSA) is 109 Å². The van der Waals surface area contributed by atoms with Crippen LogP contribution in [0.3, 0.4) is 0 Å². The lowest BCUT2D eigenvalue weighted by Crippen LogP contribution is -2.41. The number of amides is 2. The van der Waals surface area contributed by atoms with Crippen molar-refractivity contribution in [3.63, 3.8) is 0 Å². The van der Waals surface area contributed by atoms with Gasteiger partial charge in [-0.1, -0.05) is 19.9 Å². The van der Waals surface area contributed by atoms with Crippen molar-refractivity contribution in [3.05, 3.63) is 35.4 Å². The Bertz CT molecular complexity index is 526. The number of hydrogen-bond acceptors (Lipinski definition) is 3. The van der Waals surface area contributed by atoms with E-state index in [1.807, 2.05) is 13.8 Å². The normalized spacial score (nSPS) is 11.9. The van der Waals surface area contributed by atoms with E-state index < -0.39 is 23.8 Å². The number of nitrogens with one attached hydrogen (secondary N) is 1. The maximum atomic E-state index is 12.0. The predicted octanol–water partition coefficient (Wildman–Crippen LogP) is 1.01. The van der Waals surface area contributed by atoms with Gasteiger partial charge in [-0.05, 0) is 30.5 Å². The molecule has 20 heavy (non-hydrogen) atoms. The zero-order chi connectivity index (χ0) is 15.3. The summed E-state index contributed by atoms with van der Waals surface area (Å²) >= 11 is 0.